The van der Waals surface area contributed by atoms with Gasteiger partial charge in [-0.05, 0) is 24.5 Å². The molecule has 0 aliphatic carbocycles. The summed E-state index contributed by atoms with van der Waals surface area (Å²) in [5.41, 5.74) is 1.22. The molecule has 0 amide bonds. The van der Waals surface area contributed by atoms with E-state index >= 15 is 0 Å². The molecule has 1 N–H and O–H groups in total. The predicted molar refractivity (Wildman–Crippen MR) is 56.7 cm³/mol. The maximum Gasteiger partial charge on any atom is 0.337 e. The van der Waals surface area contributed by atoms with Crippen LogP contribution < -0.4 is 0 Å². The second-order valence-corrected chi connectivity index (χ2v) is 3.63. The highest BCUT2D eigenvalue weighted by atomic mass is 32.2. The molecule has 0 fully saturated rings. The molecule has 0 bridgehead atoms. The third-order valence-electron chi connectivity index (χ3n) is 1.80. The Hall–Kier alpha value is -1.16. The molecular formula is C10H12O3S. The number of thioether (sulfide) groups is 1. The second kappa shape index (κ2) is 4.91. The van der Waals surface area contributed by atoms with E-state index in [9.17, 15) is 9.90 Å². The van der Waals surface area contributed by atoms with Crippen molar-refractivity contribution in [3.63, 3.8) is 0 Å². The van der Waals surface area contributed by atoms with Gasteiger partial charge in [-0.25, -0.2) is 4.79 Å². The van der Waals surface area contributed by atoms with Crippen LogP contribution in [0.1, 0.15) is 15.9 Å². The average molecular weight is 212 g/mol. The Morgan fingerprint density at radius 2 is 2.29 bits per heavy atom. The van der Waals surface area contributed by atoms with Gasteiger partial charge in [-0.15, -0.1) is 0 Å². The fourth-order valence-electron chi connectivity index (χ4n) is 1.10. The minimum absolute atomic E-state index is 0.215. The number of hydrogen-bond donors (Lipinski definition) is 1. The van der Waals surface area contributed by atoms with Crippen molar-refractivity contribution < 1.29 is 14.6 Å². The average Bonchev–Trinajstić information content (AvgIpc) is 2.20. The van der Waals surface area contributed by atoms with E-state index in [0.29, 0.717) is 11.3 Å². The summed E-state index contributed by atoms with van der Waals surface area (Å²) in [7, 11) is 1.34. The minimum atomic E-state index is -0.382. The Morgan fingerprint density at radius 3 is 2.86 bits per heavy atom. The Balaban J connectivity index is 2.99. The molecule has 0 saturated carbocycles. The lowest BCUT2D eigenvalue weighted by atomic mass is 10.1. The number of hydrogen-bond acceptors (Lipinski definition) is 4. The van der Waals surface area contributed by atoms with Gasteiger partial charge in [-0.3, -0.25) is 0 Å². The van der Waals surface area contributed by atoms with Crippen LogP contribution in [0.3, 0.4) is 0 Å². The molecule has 0 radical (unpaired) electrons. The molecule has 1 rings (SSSR count). The third kappa shape index (κ3) is 2.42. The third-order valence-corrected chi connectivity index (χ3v) is 2.40. The van der Waals surface area contributed by atoms with Gasteiger partial charge in [-0.2, -0.15) is 11.8 Å². The van der Waals surface area contributed by atoms with Crippen LogP contribution in [0, 0.1) is 0 Å². The van der Waals surface area contributed by atoms with Crippen LogP contribution in [-0.2, 0) is 10.5 Å². The Bertz CT molecular complexity index is 336. The Morgan fingerprint density at radius 1 is 1.57 bits per heavy atom. The zero-order chi connectivity index (χ0) is 10.6. The van der Waals surface area contributed by atoms with E-state index in [2.05, 4.69) is 4.74 Å². The number of esters is 1. The van der Waals surface area contributed by atoms with Crippen LogP contribution in [-0.4, -0.2) is 24.4 Å². The van der Waals surface area contributed by atoms with Crippen LogP contribution in [0.25, 0.3) is 0 Å². The highest BCUT2D eigenvalue weighted by molar-refractivity contribution is 7.97. The number of phenolic OH excluding ortho intramolecular Hbond substituents is 1. The molecule has 0 heterocycles. The minimum Gasteiger partial charge on any atom is -0.508 e. The molecule has 0 saturated heterocycles. The van der Waals surface area contributed by atoms with Crippen LogP contribution in [0.5, 0.6) is 5.75 Å². The standard InChI is InChI=1S/C10H12O3S/c1-13-10(12)7-3-4-9(11)8(5-7)6-14-2/h3-5,11H,6H2,1-2H3. The van der Waals surface area contributed by atoms with Gasteiger partial charge in [0.2, 0.25) is 0 Å². The van der Waals surface area contributed by atoms with Crippen molar-refractivity contribution in [1.82, 2.24) is 0 Å². The molecule has 0 aromatic heterocycles. The summed E-state index contributed by atoms with van der Waals surface area (Å²) in [5.74, 6) is 0.510. The largest absolute Gasteiger partial charge is 0.508 e. The fraction of sp³-hybridized carbons (Fsp3) is 0.300. The van der Waals surface area contributed by atoms with Crippen LogP contribution in [0.2, 0.25) is 0 Å². The van der Waals surface area contributed by atoms with Crippen molar-refractivity contribution in [3.05, 3.63) is 29.3 Å². The molecule has 0 unspecified atom stereocenters. The Kier molecular flexibility index (Phi) is 3.83. The van der Waals surface area contributed by atoms with E-state index in [1.54, 1.807) is 23.9 Å². The number of ether oxygens (including phenoxy) is 1. The number of benzene rings is 1. The lowest BCUT2D eigenvalue weighted by Crippen LogP contribution is -2.01. The van der Waals surface area contributed by atoms with Gasteiger partial charge in [0.1, 0.15) is 5.75 Å². The van der Waals surface area contributed by atoms with Crippen molar-refractivity contribution in [2.45, 2.75) is 5.75 Å². The maximum absolute atomic E-state index is 11.2. The van der Waals surface area contributed by atoms with Gasteiger partial charge in [-0.1, -0.05) is 0 Å². The van der Waals surface area contributed by atoms with Crippen molar-refractivity contribution >= 4 is 17.7 Å². The normalized spacial score (nSPS) is 9.86. The van der Waals surface area contributed by atoms with Crippen LogP contribution >= 0.6 is 11.8 Å². The van der Waals surface area contributed by atoms with E-state index in [1.165, 1.54) is 13.2 Å². The SMILES string of the molecule is COC(=O)c1ccc(O)c(CSC)c1. The molecule has 1 aromatic rings. The lowest BCUT2D eigenvalue weighted by Gasteiger charge is -2.05. The molecule has 4 heteroatoms. The highest BCUT2D eigenvalue weighted by Gasteiger charge is 2.08. The quantitative estimate of drug-likeness (QED) is 0.779. The van der Waals surface area contributed by atoms with Gasteiger partial charge < -0.3 is 9.84 Å². The van der Waals surface area contributed by atoms with E-state index < -0.39 is 0 Å². The highest BCUT2D eigenvalue weighted by Crippen LogP contribution is 2.22. The number of methoxy groups -OCH3 is 1. The summed E-state index contributed by atoms with van der Waals surface area (Å²) < 4.78 is 4.58. The molecule has 3 nitrogen and oxygen atoms in total. The topological polar surface area (TPSA) is 46.5 Å². The lowest BCUT2D eigenvalue weighted by molar-refractivity contribution is 0.0600. The smallest absolute Gasteiger partial charge is 0.337 e. The molecule has 76 valence electrons. The van der Waals surface area contributed by atoms with E-state index in [4.69, 9.17) is 0 Å². The molecule has 1 aromatic carbocycles. The van der Waals surface area contributed by atoms with Gasteiger partial charge in [0.25, 0.3) is 0 Å². The van der Waals surface area contributed by atoms with Crippen LogP contribution in [0.4, 0.5) is 0 Å². The van der Waals surface area contributed by atoms with Gasteiger partial charge >= 0.3 is 5.97 Å². The van der Waals surface area contributed by atoms with Crippen LogP contribution in [0.15, 0.2) is 18.2 Å². The predicted octanol–water partition coefficient (Wildman–Crippen LogP) is 2.04. The zero-order valence-corrected chi connectivity index (χ0v) is 8.93. The molecule has 0 atom stereocenters. The first-order chi connectivity index (χ1) is 6.69. The molecule has 0 spiro atoms. The summed E-state index contributed by atoms with van der Waals surface area (Å²) in [6.07, 6.45) is 1.93. The van der Waals surface area contributed by atoms with Gasteiger partial charge in [0.15, 0.2) is 0 Å². The molecular weight excluding hydrogens is 200 g/mol. The first kappa shape index (κ1) is 10.9. The summed E-state index contributed by atoms with van der Waals surface area (Å²) in [4.78, 5) is 11.2. The monoisotopic (exact) mass is 212 g/mol. The summed E-state index contributed by atoms with van der Waals surface area (Å²) in [6, 6.07) is 4.71. The van der Waals surface area contributed by atoms with Gasteiger partial charge in [0.05, 0.1) is 12.7 Å². The summed E-state index contributed by atoms with van der Waals surface area (Å²) in [6.45, 7) is 0. The van der Waals surface area contributed by atoms with E-state index in [0.717, 1.165) is 5.56 Å². The fourth-order valence-corrected chi connectivity index (χ4v) is 1.64. The first-order valence-corrected chi connectivity index (χ1v) is 5.47. The molecule has 14 heavy (non-hydrogen) atoms. The number of aromatic hydroxyl groups is 1. The number of carbonyl (C=O) groups excluding carboxylic acids is 1. The first-order valence-electron chi connectivity index (χ1n) is 4.08. The van der Waals surface area contributed by atoms with Crippen molar-refractivity contribution in [2.75, 3.05) is 13.4 Å². The number of phenols is 1. The van der Waals surface area contributed by atoms with E-state index in [1.807, 2.05) is 6.26 Å². The Labute approximate surface area is 87.1 Å². The van der Waals surface area contributed by atoms with Crippen molar-refractivity contribution in [1.29, 1.82) is 0 Å². The van der Waals surface area contributed by atoms with Crippen molar-refractivity contribution in [3.8, 4) is 5.75 Å². The zero-order valence-electron chi connectivity index (χ0n) is 8.11. The summed E-state index contributed by atoms with van der Waals surface area (Å²) >= 11 is 1.58. The maximum atomic E-state index is 11.2. The van der Waals surface area contributed by atoms with Gasteiger partial charge in [0, 0.05) is 11.3 Å². The molecule has 0 aliphatic heterocycles. The molecule has 0 aliphatic rings. The number of rotatable bonds is 3. The van der Waals surface area contributed by atoms with Crippen molar-refractivity contribution in [2.24, 2.45) is 0 Å². The van der Waals surface area contributed by atoms with E-state index in [-0.39, 0.29) is 11.7 Å². The second-order valence-electron chi connectivity index (χ2n) is 2.77. The summed E-state index contributed by atoms with van der Waals surface area (Å²) in [5, 5.41) is 9.46. The number of carbonyl (C=O) groups is 1.